The molecule has 0 spiro atoms. The van der Waals surface area contributed by atoms with Crippen molar-refractivity contribution in [2.75, 3.05) is 0 Å². The summed E-state index contributed by atoms with van der Waals surface area (Å²) >= 11 is 11.7. The molecule has 0 saturated heterocycles. The molecule has 0 saturated carbocycles. The Bertz CT molecular complexity index is 771. The Balaban J connectivity index is 1.92. The molecule has 0 unspecified atom stereocenters. The van der Waals surface area contributed by atoms with Gasteiger partial charge >= 0.3 is 0 Å². The number of halogens is 3. The highest BCUT2D eigenvalue weighted by Crippen LogP contribution is 2.28. The molecule has 8 heteroatoms. The number of amides is 2. The number of hydrogen-bond donors (Lipinski definition) is 2. The van der Waals surface area contributed by atoms with E-state index in [4.69, 9.17) is 27.9 Å². The van der Waals surface area contributed by atoms with Crippen molar-refractivity contribution in [2.45, 2.75) is 13.0 Å². The second kappa shape index (κ2) is 7.99. The maximum atomic E-state index is 13.5. The lowest BCUT2D eigenvalue weighted by atomic mass is 10.2. The van der Waals surface area contributed by atoms with Gasteiger partial charge in [0.25, 0.3) is 11.8 Å². The van der Waals surface area contributed by atoms with Gasteiger partial charge < -0.3 is 4.74 Å². The van der Waals surface area contributed by atoms with Crippen molar-refractivity contribution >= 4 is 35.0 Å². The molecular formula is C16H13Cl2FN2O3. The molecule has 1 atom stereocenters. The van der Waals surface area contributed by atoms with Gasteiger partial charge in [0, 0.05) is 5.02 Å². The number of hydrazine groups is 1. The Hall–Kier alpha value is -2.31. The first-order valence-electron chi connectivity index (χ1n) is 6.85. The Labute approximate surface area is 147 Å². The molecular weight excluding hydrogens is 358 g/mol. The SMILES string of the molecule is C[C@@H](Oc1ccc(Cl)cc1Cl)C(=O)NNC(=O)c1ccccc1F. The normalized spacial score (nSPS) is 11.5. The van der Waals surface area contributed by atoms with E-state index in [-0.39, 0.29) is 16.3 Å². The predicted octanol–water partition coefficient (Wildman–Crippen LogP) is 3.36. The molecule has 0 heterocycles. The quantitative estimate of drug-likeness (QED) is 0.810. The minimum Gasteiger partial charge on any atom is -0.479 e. The van der Waals surface area contributed by atoms with Crippen molar-refractivity contribution in [3.63, 3.8) is 0 Å². The zero-order valence-electron chi connectivity index (χ0n) is 12.5. The molecule has 2 N–H and O–H groups in total. The van der Waals surface area contributed by atoms with E-state index in [2.05, 4.69) is 10.9 Å². The summed E-state index contributed by atoms with van der Waals surface area (Å²) in [6, 6.07) is 9.96. The van der Waals surface area contributed by atoms with Gasteiger partial charge in [0.2, 0.25) is 0 Å². The van der Waals surface area contributed by atoms with Crippen LogP contribution in [0.15, 0.2) is 42.5 Å². The maximum Gasteiger partial charge on any atom is 0.279 e. The third-order valence-corrected chi connectivity index (χ3v) is 3.52. The van der Waals surface area contributed by atoms with E-state index in [1.165, 1.54) is 37.3 Å². The molecule has 0 fully saturated rings. The van der Waals surface area contributed by atoms with Gasteiger partial charge in [0.1, 0.15) is 11.6 Å². The first-order chi connectivity index (χ1) is 11.4. The number of carbonyl (C=O) groups is 2. The van der Waals surface area contributed by atoms with Crippen LogP contribution in [0, 0.1) is 5.82 Å². The summed E-state index contributed by atoms with van der Waals surface area (Å²) in [5.41, 5.74) is 4.09. The smallest absolute Gasteiger partial charge is 0.279 e. The van der Waals surface area contributed by atoms with Gasteiger partial charge in [-0.2, -0.15) is 0 Å². The molecule has 0 bridgehead atoms. The highest BCUT2D eigenvalue weighted by Gasteiger charge is 2.18. The van der Waals surface area contributed by atoms with Gasteiger partial charge in [-0.25, -0.2) is 4.39 Å². The Morgan fingerprint density at radius 2 is 1.83 bits per heavy atom. The highest BCUT2D eigenvalue weighted by molar-refractivity contribution is 6.35. The Kier molecular flexibility index (Phi) is 6.00. The van der Waals surface area contributed by atoms with Crippen LogP contribution in [0.5, 0.6) is 5.75 Å². The first-order valence-corrected chi connectivity index (χ1v) is 7.60. The molecule has 2 amide bonds. The number of benzene rings is 2. The molecule has 24 heavy (non-hydrogen) atoms. The maximum absolute atomic E-state index is 13.5. The van der Waals surface area contributed by atoms with Crippen LogP contribution in [-0.2, 0) is 4.79 Å². The summed E-state index contributed by atoms with van der Waals surface area (Å²) in [6.45, 7) is 1.47. The summed E-state index contributed by atoms with van der Waals surface area (Å²) in [6.07, 6.45) is -0.954. The van der Waals surface area contributed by atoms with Crippen molar-refractivity contribution in [1.29, 1.82) is 0 Å². The zero-order valence-corrected chi connectivity index (χ0v) is 14.0. The molecule has 126 valence electrons. The first kappa shape index (κ1) is 18.0. The van der Waals surface area contributed by atoms with Crippen molar-refractivity contribution < 1.29 is 18.7 Å². The number of ether oxygens (including phenoxy) is 1. The Morgan fingerprint density at radius 3 is 2.50 bits per heavy atom. The average molecular weight is 371 g/mol. The second-order valence-corrected chi connectivity index (χ2v) is 5.60. The fourth-order valence-corrected chi connectivity index (χ4v) is 2.20. The van der Waals surface area contributed by atoms with Crippen LogP contribution in [-0.4, -0.2) is 17.9 Å². The molecule has 2 aromatic carbocycles. The summed E-state index contributed by atoms with van der Waals surface area (Å²) in [5, 5.41) is 0.680. The third kappa shape index (κ3) is 4.59. The van der Waals surface area contributed by atoms with Crippen LogP contribution in [0.25, 0.3) is 0 Å². The van der Waals surface area contributed by atoms with Crippen molar-refractivity contribution in [3.05, 3.63) is 63.9 Å². The van der Waals surface area contributed by atoms with E-state index >= 15 is 0 Å². The molecule has 2 rings (SSSR count). The van der Waals surface area contributed by atoms with Gasteiger partial charge in [0.15, 0.2) is 6.10 Å². The number of rotatable bonds is 4. The Morgan fingerprint density at radius 1 is 1.12 bits per heavy atom. The van der Waals surface area contributed by atoms with Crippen LogP contribution in [0.1, 0.15) is 17.3 Å². The molecule has 0 aliphatic heterocycles. The lowest BCUT2D eigenvalue weighted by molar-refractivity contribution is -0.128. The minimum atomic E-state index is -0.954. The van der Waals surface area contributed by atoms with E-state index in [0.717, 1.165) is 6.07 Å². The van der Waals surface area contributed by atoms with Crippen LogP contribution >= 0.6 is 23.2 Å². The van der Waals surface area contributed by atoms with Crippen molar-refractivity contribution in [2.24, 2.45) is 0 Å². The van der Waals surface area contributed by atoms with E-state index in [9.17, 15) is 14.0 Å². The molecule has 0 aliphatic carbocycles. The average Bonchev–Trinajstić information content (AvgIpc) is 2.55. The second-order valence-electron chi connectivity index (χ2n) is 4.76. The molecule has 0 aliphatic rings. The monoisotopic (exact) mass is 370 g/mol. The zero-order chi connectivity index (χ0) is 17.7. The van der Waals surface area contributed by atoms with Gasteiger partial charge in [-0.3, -0.25) is 20.4 Å². The van der Waals surface area contributed by atoms with E-state index < -0.39 is 23.7 Å². The fourth-order valence-electron chi connectivity index (χ4n) is 1.75. The summed E-state index contributed by atoms with van der Waals surface area (Å²) in [4.78, 5) is 23.7. The van der Waals surface area contributed by atoms with Crippen LogP contribution in [0.2, 0.25) is 10.0 Å². The third-order valence-electron chi connectivity index (χ3n) is 2.98. The van der Waals surface area contributed by atoms with E-state index in [0.29, 0.717) is 5.02 Å². The van der Waals surface area contributed by atoms with E-state index in [1.807, 2.05) is 0 Å². The minimum absolute atomic E-state index is 0.188. The van der Waals surface area contributed by atoms with Crippen LogP contribution in [0.3, 0.4) is 0 Å². The highest BCUT2D eigenvalue weighted by atomic mass is 35.5. The molecule has 0 aromatic heterocycles. The number of nitrogens with one attached hydrogen (secondary N) is 2. The van der Waals surface area contributed by atoms with Crippen LogP contribution < -0.4 is 15.6 Å². The largest absolute Gasteiger partial charge is 0.479 e. The predicted molar refractivity (Wildman–Crippen MR) is 88.6 cm³/mol. The van der Waals surface area contributed by atoms with Gasteiger partial charge in [-0.15, -0.1) is 0 Å². The van der Waals surface area contributed by atoms with E-state index in [1.54, 1.807) is 6.07 Å². The number of hydrogen-bond acceptors (Lipinski definition) is 3. The fraction of sp³-hybridized carbons (Fsp3) is 0.125. The standard InChI is InChI=1S/C16H13Cl2FN2O3/c1-9(24-14-7-6-10(17)8-12(14)18)15(22)20-21-16(23)11-4-2-3-5-13(11)19/h2-9H,1H3,(H,20,22)(H,21,23)/t9-/m1/s1. The van der Waals surface area contributed by atoms with Crippen molar-refractivity contribution in [3.8, 4) is 5.75 Å². The number of carbonyl (C=O) groups excluding carboxylic acids is 2. The van der Waals surface area contributed by atoms with Gasteiger partial charge in [-0.1, -0.05) is 35.3 Å². The lowest BCUT2D eigenvalue weighted by Crippen LogP contribution is -2.47. The topological polar surface area (TPSA) is 67.4 Å². The molecule has 0 radical (unpaired) electrons. The molecule has 2 aromatic rings. The summed E-state index contributed by atoms with van der Waals surface area (Å²) in [7, 11) is 0. The molecule has 5 nitrogen and oxygen atoms in total. The van der Waals surface area contributed by atoms with Gasteiger partial charge in [0.05, 0.1) is 10.6 Å². The van der Waals surface area contributed by atoms with Crippen molar-refractivity contribution in [1.82, 2.24) is 10.9 Å². The summed E-state index contributed by atoms with van der Waals surface area (Å²) in [5.74, 6) is -1.84. The summed E-state index contributed by atoms with van der Waals surface area (Å²) < 4.78 is 18.9. The van der Waals surface area contributed by atoms with Gasteiger partial charge in [-0.05, 0) is 37.3 Å². The lowest BCUT2D eigenvalue weighted by Gasteiger charge is -2.16. The van der Waals surface area contributed by atoms with Crippen LogP contribution in [0.4, 0.5) is 4.39 Å².